The van der Waals surface area contributed by atoms with Gasteiger partial charge in [0, 0.05) is 18.7 Å². The Balaban J connectivity index is 1.62. The summed E-state index contributed by atoms with van der Waals surface area (Å²) >= 11 is 0. The van der Waals surface area contributed by atoms with Crippen molar-refractivity contribution in [3.8, 4) is 11.1 Å². The Morgan fingerprint density at radius 2 is 1.77 bits per heavy atom. The number of H-pyrrole nitrogens is 1. The molecule has 1 aliphatic rings. The van der Waals surface area contributed by atoms with Gasteiger partial charge in [0.2, 0.25) is 5.56 Å². The third-order valence-corrected chi connectivity index (χ3v) is 5.48. The van der Waals surface area contributed by atoms with Gasteiger partial charge in [-0.15, -0.1) is 0 Å². The summed E-state index contributed by atoms with van der Waals surface area (Å²) < 4.78 is 0. The van der Waals surface area contributed by atoms with Gasteiger partial charge in [0.25, 0.3) is 0 Å². The SMILES string of the molecule is CC(=O)CC(CCc1ccc(-c2ccc(=O)[nH]c2)cc1)C1CCNCC1. The minimum absolute atomic E-state index is 0.0835. The fraction of sp³-hybridized carbons (Fsp3) is 0.455. The molecule has 0 saturated carbocycles. The molecule has 2 heterocycles. The van der Waals surface area contributed by atoms with Crippen LogP contribution in [-0.2, 0) is 11.2 Å². The number of rotatable bonds is 7. The molecule has 0 radical (unpaired) electrons. The Labute approximate surface area is 155 Å². The zero-order valence-corrected chi connectivity index (χ0v) is 15.5. The predicted molar refractivity (Wildman–Crippen MR) is 105 cm³/mol. The number of Topliss-reactive ketones (excluding diaryl/α,β-unsaturated/α-hetero) is 1. The van der Waals surface area contributed by atoms with E-state index in [1.54, 1.807) is 19.2 Å². The molecule has 26 heavy (non-hydrogen) atoms. The fourth-order valence-corrected chi connectivity index (χ4v) is 4.00. The van der Waals surface area contributed by atoms with Gasteiger partial charge in [-0.2, -0.15) is 0 Å². The maximum atomic E-state index is 11.7. The van der Waals surface area contributed by atoms with Crippen LogP contribution in [-0.4, -0.2) is 23.9 Å². The van der Waals surface area contributed by atoms with Gasteiger partial charge in [0.05, 0.1) is 0 Å². The molecule has 1 saturated heterocycles. The van der Waals surface area contributed by atoms with Crippen LogP contribution in [0.4, 0.5) is 0 Å². The molecular formula is C22H28N2O2. The van der Waals surface area contributed by atoms with Crippen LogP contribution < -0.4 is 10.9 Å². The van der Waals surface area contributed by atoms with Gasteiger partial charge in [-0.1, -0.05) is 24.3 Å². The van der Waals surface area contributed by atoms with Crippen molar-refractivity contribution in [1.82, 2.24) is 10.3 Å². The monoisotopic (exact) mass is 352 g/mol. The number of carbonyl (C=O) groups excluding carboxylic acids is 1. The molecule has 0 bridgehead atoms. The van der Waals surface area contributed by atoms with Crippen LogP contribution in [0, 0.1) is 11.8 Å². The van der Waals surface area contributed by atoms with Crippen LogP contribution in [0.15, 0.2) is 47.4 Å². The maximum Gasteiger partial charge on any atom is 0.247 e. The van der Waals surface area contributed by atoms with Crippen LogP contribution in [0.1, 0.15) is 38.2 Å². The molecular weight excluding hydrogens is 324 g/mol. The lowest BCUT2D eigenvalue weighted by molar-refractivity contribution is -0.118. The molecule has 138 valence electrons. The van der Waals surface area contributed by atoms with Crippen molar-refractivity contribution < 1.29 is 4.79 Å². The highest BCUT2D eigenvalue weighted by Gasteiger charge is 2.24. The smallest absolute Gasteiger partial charge is 0.247 e. The molecule has 0 aliphatic carbocycles. The third-order valence-electron chi connectivity index (χ3n) is 5.48. The van der Waals surface area contributed by atoms with Crippen molar-refractivity contribution in [2.45, 2.75) is 39.0 Å². The van der Waals surface area contributed by atoms with Gasteiger partial charge in [-0.05, 0) is 80.3 Å². The first-order valence-electron chi connectivity index (χ1n) is 9.60. The summed E-state index contributed by atoms with van der Waals surface area (Å²) in [5.74, 6) is 1.47. The van der Waals surface area contributed by atoms with E-state index in [1.165, 1.54) is 18.4 Å². The first-order chi connectivity index (χ1) is 12.6. The first-order valence-corrected chi connectivity index (χ1v) is 9.60. The molecule has 1 fully saturated rings. The van der Waals surface area contributed by atoms with E-state index in [4.69, 9.17) is 0 Å². The van der Waals surface area contributed by atoms with Crippen LogP contribution in [0.2, 0.25) is 0 Å². The van der Waals surface area contributed by atoms with Crippen molar-refractivity contribution in [3.63, 3.8) is 0 Å². The van der Waals surface area contributed by atoms with Crippen molar-refractivity contribution in [2.24, 2.45) is 11.8 Å². The van der Waals surface area contributed by atoms with E-state index in [0.29, 0.717) is 24.0 Å². The summed E-state index contributed by atoms with van der Waals surface area (Å²) in [5, 5.41) is 3.41. The van der Waals surface area contributed by atoms with E-state index in [-0.39, 0.29) is 5.56 Å². The predicted octanol–water partition coefficient (Wildman–Crippen LogP) is 3.57. The van der Waals surface area contributed by atoms with E-state index in [0.717, 1.165) is 37.1 Å². The third kappa shape index (κ3) is 5.15. The molecule has 2 N–H and O–H groups in total. The van der Waals surface area contributed by atoms with Crippen LogP contribution >= 0.6 is 0 Å². The molecule has 2 aromatic rings. The Morgan fingerprint density at radius 3 is 2.38 bits per heavy atom. The van der Waals surface area contributed by atoms with E-state index in [2.05, 4.69) is 34.6 Å². The highest BCUT2D eigenvalue weighted by molar-refractivity contribution is 5.75. The summed E-state index contributed by atoms with van der Waals surface area (Å²) in [4.78, 5) is 25.6. The Hall–Kier alpha value is -2.20. The summed E-state index contributed by atoms with van der Waals surface area (Å²) in [6.45, 7) is 3.87. The molecule has 1 aliphatic heterocycles. The maximum absolute atomic E-state index is 11.7. The first kappa shape index (κ1) is 18.6. The second-order valence-electron chi connectivity index (χ2n) is 7.43. The molecule has 3 rings (SSSR count). The summed E-state index contributed by atoms with van der Waals surface area (Å²) in [6, 6.07) is 11.9. The standard InChI is InChI=1S/C22H28N2O2/c1-16(25)14-20(19-10-12-23-13-11-19)7-4-17-2-5-18(6-3-17)21-8-9-22(26)24-15-21/h2-3,5-6,8-9,15,19-20,23H,4,7,10-14H2,1H3,(H,24,26). The second-order valence-corrected chi connectivity index (χ2v) is 7.43. The average molecular weight is 352 g/mol. The largest absolute Gasteiger partial charge is 0.328 e. The lowest BCUT2D eigenvalue weighted by Gasteiger charge is -2.30. The number of aromatic amines is 1. The van der Waals surface area contributed by atoms with E-state index in [1.807, 2.05) is 6.07 Å². The molecule has 1 aromatic heterocycles. The summed E-state index contributed by atoms with van der Waals surface area (Å²) in [7, 11) is 0. The van der Waals surface area contributed by atoms with Gasteiger partial charge in [-0.3, -0.25) is 4.79 Å². The number of hydrogen-bond acceptors (Lipinski definition) is 3. The Kier molecular flexibility index (Phi) is 6.40. The molecule has 4 nitrogen and oxygen atoms in total. The van der Waals surface area contributed by atoms with Gasteiger partial charge in [-0.25, -0.2) is 0 Å². The Bertz CT molecular complexity index is 753. The number of benzene rings is 1. The number of piperidine rings is 1. The number of aryl methyl sites for hydroxylation is 1. The number of ketones is 1. The van der Waals surface area contributed by atoms with Gasteiger partial charge in [0.1, 0.15) is 5.78 Å². The van der Waals surface area contributed by atoms with E-state index < -0.39 is 0 Å². The van der Waals surface area contributed by atoms with Crippen LogP contribution in [0.5, 0.6) is 0 Å². The number of hydrogen-bond donors (Lipinski definition) is 2. The quantitative estimate of drug-likeness (QED) is 0.801. The van der Waals surface area contributed by atoms with Crippen molar-refractivity contribution in [3.05, 3.63) is 58.5 Å². The van der Waals surface area contributed by atoms with E-state index in [9.17, 15) is 9.59 Å². The van der Waals surface area contributed by atoms with E-state index >= 15 is 0 Å². The normalized spacial score (nSPS) is 16.3. The minimum Gasteiger partial charge on any atom is -0.328 e. The second kappa shape index (κ2) is 8.95. The van der Waals surface area contributed by atoms with Crippen molar-refractivity contribution >= 4 is 5.78 Å². The zero-order valence-electron chi connectivity index (χ0n) is 15.5. The molecule has 0 spiro atoms. The molecule has 4 heteroatoms. The van der Waals surface area contributed by atoms with Crippen molar-refractivity contribution in [1.29, 1.82) is 0 Å². The van der Waals surface area contributed by atoms with Gasteiger partial charge < -0.3 is 15.1 Å². The fourth-order valence-electron chi connectivity index (χ4n) is 4.00. The minimum atomic E-state index is -0.0835. The van der Waals surface area contributed by atoms with Gasteiger partial charge in [0.15, 0.2) is 0 Å². The lowest BCUT2D eigenvalue weighted by Crippen LogP contribution is -2.32. The molecule has 0 amide bonds. The highest BCUT2D eigenvalue weighted by Crippen LogP contribution is 2.29. The van der Waals surface area contributed by atoms with Crippen LogP contribution in [0.25, 0.3) is 11.1 Å². The molecule has 1 atom stereocenters. The Morgan fingerprint density at radius 1 is 1.08 bits per heavy atom. The summed E-state index contributed by atoms with van der Waals surface area (Å²) in [6.07, 6.45) is 6.90. The lowest BCUT2D eigenvalue weighted by atomic mass is 9.79. The topological polar surface area (TPSA) is 62.0 Å². The molecule has 1 unspecified atom stereocenters. The summed E-state index contributed by atoms with van der Waals surface area (Å²) in [5.41, 5.74) is 3.34. The zero-order chi connectivity index (χ0) is 18.4. The van der Waals surface area contributed by atoms with Crippen LogP contribution in [0.3, 0.4) is 0 Å². The molecule has 1 aromatic carbocycles. The number of pyridine rings is 1. The average Bonchev–Trinajstić information content (AvgIpc) is 2.67. The highest BCUT2D eigenvalue weighted by atomic mass is 16.1. The van der Waals surface area contributed by atoms with Crippen molar-refractivity contribution in [2.75, 3.05) is 13.1 Å². The number of nitrogens with one attached hydrogen (secondary N) is 2. The van der Waals surface area contributed by atoms with Gasteiger partial charge >= 0.3 is 0 Å². The number of aromatic nitrogens is 1. The number of carbonyl (C=O) groups is 1.